The predicted molar refractivity (Wildman–Crippen MR) is 118 cm³/mol. The molecule has 9 heteroatoms. The highest BCUT2D eigenvalue weighted by Crippen LogP contribution is 2.31. The molecule has 1 saturated carbocycles. The van der Waals surface area contributed by atoms with Crippen LogP contribution in [0.5, 0.6) is 0 Å². The van der Waals surface area contributed by atoms with Gasteiger partial charge in [0.15, 0.2) is 5.82 Å². The van der Waals surface area contributed by atoms with E-state index in [4.69, 9.17) is 0 Å². The lowest BCUT2D eigenvalue weighted by atomic mass is 10.3. The topological polar surface area (TPSA) is 89.8 Å². The lowest BCUT2D eigenvalue weighted by Crippen LogP contribution is -3.10. The Morgan fingerprint density at radius 1 is 1.33 bits per heavy atom. The fourth-order valence-corrected chi connectivity index (χ4v) is 4.25. The third-order valence-corrected chi connectivity index (χ3v) is 6.17. The fraction of sp³-hybridized carbons (Fsp3) is 0.286. The maximum atomic E-state index is 11.9. The molecule has 1 aliphatic carbocycles. The highest BCUT2D eigenvalue weighted by atomic mass is 32.2. The summed E-state index contributed by atoms with van der Waals surface area (Å²) in [6.45, 7) is 2.82. The second-order valence-corrected chi connectivity index (χ2v) is 8.68. The van der Waals surface area contributed by atoms with Crippen molar-refractivity contribution in [2.75, 3.05) is 17.2 Å². The summed E-state index contributed by atoms with van der Waals surface area (Å²) in [5.74, 6) is 3.14. The number of fused-ring (bicyclic) bond motifs is 1. The molecule has 0 spiro atoms. The molecule has 0 saturated heterocycles. The van der Waals surface area contributed by atoms with Crippen LogP contribution in [-0.4, -0.2) is 32.8 Å². The van der Waals surface area contributed by atoms with Gasteiger partial charge in [-0.3, -0.25) is 19.5 Å². The molecule has 2 aliphatic heterocycles. The Labute approximate surface area is 179 Å². The molecule has 4 N–H and O–H groups in total. The monoisotopic (exact) mass is 422 g/mol. The van der Waals surface area contributed by atoms with Gasteiger partial charge in [0.25, 0.3) is 0 Å². The maximum Gasteiger partial charge on any atom is 0.233 e. The molecule has 5 rings (SSSR count). The Morgan fingerprint density at radius 3 is 2.90 bits per heavy atom. The van der Waals surface area contributed by atoms with Crippen molar-refractivity contribution in [3.63, 3.8) is 0 Å². The van der Waals surface area contributed by atoms with Gasteiger partial charge in [0.1, 0.15) is 12.7 Å². The Balaban J connectivity index is 1.28. The summed E-state index contributed by atoms with van der Waals surface area (Å²) in [6.07, 6.45) is 8.89. The van der Waals surface area contributed by atoms with Crippen molar-refractivity contribution in [1.29, 1.82) is 0 Å². The van der Waals surface area contributed by atoms with Gasteiger partial charge in [-0.2, -0.15) is 5.10 Å². The fourth-order valence-electron chi connectivity index (χ4n) is 3.37. The number of nitrogens with one attached hydrogen (secondary N) is 4. The van der Waals surface area contributed by atoms with Gasteiger partial charge in [0.2, 0.25) is 17.6 Å². The Morgan fingerprint density at radius 2 is 2.17 bits per heavy atom. The van der Waals surface area contributed by atoms with Crippen LogP contribution in [0.15, 0.2) is 64.6 Å². The number of carbonyl (C=O) groups is 1. The third-order valence-electron chi connectivity index (χ3n) is 5.22. The number of aryl methyl sites for hydroxylation is 1. The number of benzene rings is 1. The van der Waals surface area contributed by atoms with Crippen LogP contribution in [0.3, 0.4) is 0 Å². The number of carbonyl (C=O) groups excluding carboxylic acids is 1. The first-order chi connectivity index (χ1) is 14.7. The summed E-state index contributed by atoms with van der Waals surface area (Å²) in [5, 5.41) is 13.8. The molecule has 1 atom stereocenters. The Bertz CT molecular complexity index is 1040. The highest BCUT2D eigenvalue weighted by Gasteiger charge is 2.32. The van der Waals surface area contributed by atoms with Crippen LogP contribution < -0.4 is 15.5 Å². The first-order valence-corrected chi connectivity index (χ1v) is 10.9. The summed E-state index contributed by atoms with van der Waals surface area (Å²) in [6, 6.07) is 10.00. The van der Waals surface area contributed by atoms with E-state index in [9.17, 15) is 4.79 Å². The third kappa shape index (κ3) is 4.12. The average molecular weight is 423 g/mol. The molecule has 1 amide bonds. The molecule has 30 heavy (non-hydrogen) atoms. The van der Waals surface area contributed by atoms with E-state index in [2.05, 4.69) is 43.3 Å². The largest absolute Gasteiger partial charge is 0.326 e. The standard InChI is InChI=1S/C21H23N7OS/c1-2-15-11-18(26-25-15)24-20-13-27(12-19-22-9-10-28(19)20)30-17-7-5-16(6-8-17)23-21(29)14-3-4-14/h5-11,13-14H,2-4,12H2,1H3,(H,23,29)(H2,24,25,26)/p+1. The van der Waals surface area contributed by atoms with Gasteiger partial charge in [-0.15, -0.1) is 0 Å². The van der Waals surface area contributed by atoms with E-state index >= 15 is 0 Å². The van der Waals surface area contributed by atoms with E-state index in [1.165, 1.54) is 0 Å². The lowest BCUT2D eigenvalue weighted by Gasteiger charge is -2.27. The molecule has 154 valence electrons. The minimum Gasteiger partial charge on any atom is -0.326 e. The van der Waals surface area contributed by atoms with Gasteiger partial charge in [-0.05, 0) is 55.5 Å². The zero-order valence-electron chi connectivity index (χ0n) is 16.7. The number of hydrogen-bond donors (Lipinski definition) is 4. The van der Waals surface area contributed by atoms with Gasteiger partial charge >= 0.3 is 0 Å². The number of rotatable bonds is 7. The second kappa shape index (κ2) is 8.00. The van der Waals surface area contributed by atoms with Crippen LogP contribution in [-0.2, 0) is 11.2 Å². The number of H-pyrrole nitrogens is 1. The minimum atomic E-state index is 0.129. The van der Waals surface area contributed by atoms with Gasteiger partial charge < -0.3 is 5.32 Å². The number of amides is 1. The van der Waals surface area contributed by atoms with Crippen molar-refractivity contribution in [2.45, 2.75) is 31.1 Å². The van der Waals surface area contributed by atoms with Gasteiger partial charge in [0.05, 0.1) is 12.4 Å². The normalized spacial score (nSPS) is 19.9. The number of aromatic nitrogens is 2. The molecule has 3 heterocycles. The predicted octanol–water partition coefficient (Wildman–Crippen LogP) is 2.32. The smallest absolute Gasteiger partial charge is 0.233 e. The number of nitrogens with zero attached hydrogens (tertiary/aromatic N) is 3. The van der Waals surface area contributed by atoms with Crippen LogP contribution in [0, 0.1) is 5.92 Å². The summed E-state index contributed by atoms with van der Waals surface area (Å²) in [7, 11) is 0. The van der Waals surface area contributed by atoms with Crippen molar-refractivity contribution in [2.24, 2.45) is 10.9 Å². The van der Waals surface area contributed by atoms with E-state index in [0.717, 1.165) is 64.5 Å². The molecule has 1 unspecified atom stereocenters. The minimum absolute atomic E-state index is 0.129. The molecule has 2 aromatic rings. The number of hydrogen-bond acceptors (Lipinski definition) is 6. The van der Waals surface area contributed by atoms with Crippen molar-refractivity contribution >= 4 is 35.2 Å². The van der Waals surface area contributed by atoms with Crippen LogP contribution >= 0.6 is 11.9 Å². The van der Waals surface area contributed by atoms with Crippen LogP contribution in [0.25, 0.3) is 0 Å². The van der Waals surface area contributed by atoms with E-state index in [0.29, 0.717) is 0 Å². The molecular formula is C21H24N7OS+. The van der Waals surface area contributed by atoms with E-state index in [1.54, 1.807) is 11.9 Å². The number of aromatic amines is 1. The van der Waals surface area contributed by atoms with E-state index in [1.807, 2.05) is 42.7 Å². The maximum absolute atomic E-state index is 11.9. The first kappa shape index (κ1) is 19.0. The highest BCUT2D eigenvalue weighted by molar-refractivity contribution is 7.97. The number of quaternary nitrogens is 1. The average Bonchev–Trinajstić information content (AvgIpc) is 3.33. The second-order valence-electron chi connectivity index (χ2n) is 7.56. The van der Waals surface area contributed by atoms with Gasteiger partial charge in [-0.1, -0.05) is 6.92 Å². The molecule has 1 fully saturated rings. The molecular weight excluding hydrogens is 398 g/mol. The van der Waals surface area contributed by atoms with E-state index < -0.39 is 0 Å². The zero-order valence-corrected chi connectivity index (χ0v) is 17.5. The van der Waals surface area contributed by atoms with Crippen molar-refractivity contribution in [3.05, 3.63) is 60.4 Å². The van der Waals surface area contributed by atoms with Crippen LogP contribution in [0.2, 0.25) is 0 Å². The number of anilines is 2. The molecule has 3 aliphatic rings. The SMILES string of the molecule is CCc1cc(NC2=CN(Sc3ccc(NC(=O)C4CC4)cc3)CC3=NC=C[NH+]23)n[nH]1. The molecule has 0 radical (unpaired) electrons. The zero-order chi connectivity index (χ0) is 20.5. The van der Waals surface area contributed by atoms with Crippen molar-refractivity contribution in [1.82, 2.24) is 14.5 Å². The quantitative estimate of drug-likeness (QED) is 0.514. The molecule has 0 bridgehead atoms. The molecule has 8 nitrogen and oxygen atoms in total. The van der Waals surface area contributed by atoms with E-state index in [-0.39, 0.29) is 11.8 Å². The summed E-state index contributed by atoms with van der Waals surface area (Å²) >= 11 is 1.64. The lowest BCUT2D eigenvalue weighted by molar-refractivity contribution is -0.699. The van der Waals surface area contributed by atoms with Crippen molar-refractivity contribution in [3.8, 4) is 0 Å². The number of aliphatic imine (C=N–C) groups is 1. The Kier molecular flexibility index (Phi) is 5.06. The summed E-state index contributed by atoms with van der Waals surface area (Å²) in [4.78, 5) is 18.6. The summed E-state index contributed by atoms with van der Waals surface area (Å²) < 4.78 is 2.16. The molecule has 1 aromatic heterocycles. The number of amidine groups is 1. The van der Waals surface area contributed by atoms with Gasteiger partial charge in [0, 0.05) is 28.3 Å². The molecule has 1 aromatic carbocycles. The van der Waals surface area contributed by atoms with Crippen LogP contribution in [0.4, 0.5) is 11.5 Å². The summed E-state index contributed by atoms with van der Waals surface area (Å²) in [5.41, 5.74) is 1.94. The van der Waals surface area contributed by atoms with Crippen molar-refractivity contribution < 1.29 is 9.69 Å². The van der Waals surface area contributed by atoms with Gasteiger partial charge in [-0.25, -0.2) is 9.89 Å². The van der Waals surface area contributed by atoms with Crippen LogP contribution in [0.1, 0.15) is 25.5 Å². The first-order valence-electron chi connectivity index (χ1n) is 10.2. The Hall–Kier alpha value is -3.04.